The molecule has 0 aliphatic heterocycles. The van der Waals surface area contributed by atoms with Gasteiger partial charge in [0.1, 0.15) is 11.9 Å². The van der Waals surface area contributed by atoms with Gasteiger partial charge in [-0.1, -0.05) is 29.8 Å². The van der Waals surface area contributed by atoms with Crippen LogP contribution in [0.4, 0.5) is 5.69 Å². The first kappa shape index (κ1) is 16.1. The predicted octanol–water partition coefficient (Wildman–Crippen LogP) is 4.32. The lowest BCUT2D eigenvalue weighted by Gasteiger charge is -2.52. The lowest BCUT2D eigenvalue weighted by molar-refractivity contribution is -0.385. The predicted molar refractivity (Wildman–Crippen MR) is 84.4 cm³/mol. The number of alkyl halides is 1. The van der Waals surface area contributed by atoms with Crippen molar-refractivity contribution in [3.63, 3.8) is 0 Å². The van der Waals surface area contributed by atoms with Crippen molar-refractivity contribution in [1.29, 1.82) is 0 Å². The van der Waals surface area contributed by atoms with Crippen molar-refractivity contribution in [3.8, 4) is 11.5 Å². The zero-order valence-corrected chi connectivity index (χ0v) is 14.1. The number of hydrogen-bond donors (Lipinski definition) is 0. The summed E-state index contributed by atoms with van der Waals surface area (Å²) in [6.07, 6.45) is 3.04. The van der Waals surface area contributed by atoms with Crippen LogP contribution in [-0.2, 0) is 0 Å². The number of rotatable bonds is 6. The maximum absolute atomic E-state index is 11.1. The van der Waals surface area contributed by atoms with Crippen molar-refractivity contribution in [3.05, 3.63) is 28.3 Å². The standard InChI is InChI=1S/C15H20BrNO4/c1-4-15(5-2)13(16)9-14(15)21-10-6-7-12(20-3)11(8-10)17(18)19/h6-8,13-14H,4-5,9H2,1-3H3. The van der Waals surface area contributed by atoms with Gasteiger partial charge in [-0.3, -0.25) is 10.1 Å². The number of hydrogen-bond acceptors (Lipinski definition) is 4. The van der Waals surface area contributed by atoms with E-state index < -0.39 is 4.92 Å². The van der Waals surface area contributed by atoms with Crippen molar-refractivity contribution in [1.82, 2.24) is 0 Å². The minimum Gasteiger partial charge on any atom is -0.490 e. The van der Waals surface area contributed by atoms with Crippen LogP contribution >= 0.6 is 15.9 Å². The molecule has 0 bridgehead atoms. The van der Waals surface area contributed by atoms with Gasteiger partial charge in [0.25, 0.3) is 0 Å². The Hall–Kier alpha value is -1.30. The van der Waals surface area contributed by atoms with Crippen LogP contribution in [0, 0.1) is 15.5 Å². The molecule has 0 amide bonds. The first-order valence-corrected chi connectivity index (χ1v) is 8.03. The molecule has 1 aromatic rings. The molecule has 0 N–H and O–H groups in total. The molecule has 6 heteroatoms. The molecule has 1 aliphatic carbocycles. The number of nitro groups is 1. The minimum atomic E-state index is -0.452. The second-order valence-electron chi connectivity index (χ2n) is 5.34. The zero-order chi connectivity index (χ0) is 15.6. The highest BCUT2D eigenvalue weighted by atomic mass is 79.9. The number of nitrogens with zero attached hydrogens (tertiary/aromatic N) is 1. The number of benzene rings is 1. The molecule has 116 valence electrons. The molecule has 1 saturated carbocycles. The second-order valence-corrected chi connectivity index (χ2v) is 6.45. The van der Waals surface area contributed by atoms with Gasteiger partial charge >= 0.3 is 5.69 Å². The molecule has 2 rings (SSSR count). The third-order valence-corrected chi connectivity index (χ3v) is 5.91. The summed E-state index contributed by atoms with van der Waals surface area (Å²) in [6.45, 7) is 4.31. The Balaban J connectivity index is 2.21. The average Bonchev–Trinajstić information content (AvgIpc) is 2.48. The van der Waals surface area contributed by atoms with E-state index in [0.717, 1.165) is 19.3 Å². The Morgan fingerprint density at radius 3 is 2.57 bits per heavy atom. The van der Waals surface area contributed by atoms with Gasteiger partial charge in [-0.2, -0.15) is 0 Å². The van der Waals surface area contributed by atoms with Crippen LogP contribution in [0.15, 0.2) is 18.2 Å². The van der Waals surface area contributed by atoms with Gasteiger partial charge in [-0.15, -0.1) is 0 Å². The maximum Gasteiger partial charge on any atom is 0.314 e. The number of ether oxygens (including phenoxy) is 2. The van der Waals surface area contributed by atoms with Gasteiger partial charge in [0, 0.05) is 10.2 Å². The van der Waals surface area contributed by atoms with Crippen LogP contribution in [0.3, 0.4) is 0 Å². The summed E-state index contributed by atoms with van der Waals surface area (Å²) in [4.78, 5) is 11.0. The Morgan fingerprint density at radius 1 is 1.43 bits per heavy atom. The van der Waals surface area contributed by atoms with Crippen LogP contribution in [-0.4, -0.2) is 23.0 Å². The monoisotopic (exact) mass is 357 g/mol. The lowest BCUT2D eigenvalue weighted by Crippen LogP contribution is -2.56. The van der Waals surface area contributed by atoms with Gasteiger partial charge in [0.15, 0.2) is 5.75 Å². The molecular formula is C15H20BrNO4. The van der Waals surface area contributed by atoms with Crippen LogP contribution in [0.2, 0.25) is 0 Å². The molecule has 2 atom stereocenters. The maximum atomic E-state index is 11.1. The number of halogens is 1. The van der Waals surface area contributed by atoms with E-state index in [4.69, 9.17) is 9.47 Å². The van der Waals surface area contributed by atoms with Crippen LogP contribution in [0.1, 0.15) is 33.1 Å². The minimum absolute atomic E-state index is 0.0664. The van der Waals surface area contributed by atoms with Gasteiger partial charge in [0.05, 0.1) is 18.1 Å². The Kier molecular flexibility index (Phi) is 4.76. The summed E-state index contributed by atoms with van der Waals surface area (Å²) in [5.41, 5.74) is 0.0395. The van der Waals surface area contributed by atoms with Crippen molar-refractivity contribution in [2.75, 3.05) is 7.11 Å². The van der Waals surface area contributed by atoms with Gasteiger partial charge in [0.2, 0.25) is 0 Å². The fourth-order valence-electron chi connectivity index (χ4n) is 3.06. The van der Waals surface area contributed by atoms with Gasteiger partial charge < -0.3 is 9.47 Å². The lowest BCUT2D eigenvalue weighted by atomic mass is 9.62. The molecular weight excluding hydrogens is 338 g/mol. The molecule has 0 aromatic heterocycles. The van der Waals surface area contributed by atoms with E-state index in [-0.39, 0.29) is 23.0 Å². The fourth-order valence-corrected chi connectivity index (χ4v) is 4.34. The quantitative estimate of drug-likeness (QED) is 0.432. The Labute approximate surface area is 132 Å². The Bertz CT molecular complexity index is 530. The second kappa shape index (κ2) is 6.22. The molecule has 0 radical (unpaired) electrons. The summed E-state index contributed by atoms with van der Waals surface area (Å²) >= 11 is 3.71. The molecule has 0 spiro atoms. The van der Waals surface area contributed by atoms with E-state index in [1.54, 1.807) is 12.1 Å². The van der Waals surface area contributed by atoms with Crippen LogP contribution < -0.4 is 9.47 Å². The summed E-state index contributed by atoms with van der Waals surface area (Å²) in [5, 5.41) is 11.1. The van der Waals surface area contributed by atoms with Gasteiger partial charge in [-0.25, -0.2) is 0 Å². The molecule has 5 nitrogen and oxygen atoms in total. The average molecular weight is 358 g/mol. The van der Waals surface area contributed by atoms with Crippen molar-refractivity contribution >= 4 is 21.6 Å². The van der Waals surface area contributed by atoms with E-state index in [9.17, 15) is 10.1 Å². The first-order valence-electron chi connectivity index (χ1n) is 7.11. The van der Waals surface area contributed by atoms with E-state index >= 15 is 0 Å². The molecule has 1 fully saturated rings. The first-order chi connectivity index (χ1) is 9.98. The summed E-state index contributed by atoms with van der Waals surface area (Å²) < 4.78 is 11.0. The normalized spacial score (nSPS) is 23.2. The summed E-state index contributed by atoms with van der Waals surface area (Å²) in [6, 6.07) is 4.75. The van der Waals surface area contributed by atoms with E-state index in [0.29, 0.717) is 10.6 Å². The molecule has 2 unspecified atom stereocenters. The Morgan fingerprint density at radius 2 is 2.10 bits per heavy atom. The molecule has 1 aromatic carbocycles. The zero-order valence-electron chi connectivity index (χ0n) is 12.5. The van der Waals surface area contributed by atoms with Crippen LogP contribution in [0.5, 0.6) is 11.5 Å². The highest BCUT2D eigenvalue weighted by Gasteiger charge is 2.53. The molecule has 0 heterocycles. The van der Waals surface area contributed by atoms with E-state index in [2.05, 4.69) is 29.8 Å². The highest BCUT2D eigenvalue weighted by Crippen LogP contribution is 2.52. The van der Waals surface area contributed by atoms with Crippen LogP contribution in [0.25, 0.3) is 0 Å². The molecule has 0 saturated heterocycles. The third kappa shape index (κ3) is 2.73. The summed E-state index contributed by atoms with van der Waals surface area (Å²) in [5.74, 6) is 0.773. The number of methoxy groups -OCH3 is 1. The molecule has 21 heavy (non-hydrogen) atoms. The SMILES string of the molecule is CCC1(CC)C(Br)CC1Oc1ccc(OC)c([N+](=O)[O-])c1. The number of nitro benzene ring substituents is 1. The van der Waals surface area contributed by atoms with Crippen molar-refractivity contribution in [2.24, 2.45) is 5.41 Å². The third-order valence-electron chi connectivity index (χ3n) is 4.63. The van der Waals surface area contributed by atoms with Crippen molar-refractivity contribution < 1.29 is 14.4 Å². The largest absolute Gasteiger partial charge is 0.490 e. The molecule has 1 aliphatic rings. The smallest absolute Gasteiger partial charge is 0.314 e. The highest BCUT2D eigenvalue weighted by molar-refractivity contribution is 9.09. The fraction of sp³-hybridized carbons (Fsp3) is 0.600. The van der Waals surface area contributed by atoms with Crippen molar-refractivity contribution in [2.45, 2.75) is 44.0 Å². The summed E-state index contributed by atoms with van der Waals surface area (Å²) in [7, 11) is 1.42. The van der Waals surface area contributed by atoms with E-state index in [1.807, 2.05) is 0 Å². The van der Waals surface area contributed by atoms with Gasteiger partial charge in [-0.05, 0) is 31.4 Å². The topological polar surface area (TPSA) is 61.6 Å². The van der Waals surface area contributed by atoms with E-state index in [1.165, 1.54) is 13.2 Å².